The molecule has 2 unspecified atom stereocenters. The van der Waals surface area contributed by atoms with Gasteiger partial charge >= 0.3 is 0 Å². The molecule has 1 aromatic rings. The molecule has 0 aliphatic carbocycles. The van der Waals surface area contributed by atoms with Gasteiger partial charge in [-0.1, -0.05) is 6.07 Å². The maximum absolute atomic E-state index is 10.5. The number of hydrogen-bond donors (Lipinski definition) is 1. The zero-order chi connectivity index (χ0) is 13.0. The molecule has 1 heterocycles. The van der Waals surface area contributed by atoms with E-state index in [1.54, 1.807) is 14.2 Å². The first-order valence-corrected chi connectivity index (χ1v) is 6.28. The molecule has 0 amide bonds. The number of aliphatic hydroxyl groups is 1. The van der Waals surface area contributed by atoms with Crippen molar-refractivity contribution in [2.24, 2.45) is 0 Å². The van der Waals surface area contributed by atoms with Gasteiger partial charge in [-0.2, -0.15) is 0 Å². The number of benzene rings is 1. The highest BCUT2D eigenvalue weighted by Crippen LogP contribution is 2.38. The Morgan fingerprint density at radius 2 is 1.89 bits per heavy atom. The molecule has 1 saturated heterocycles. The zero-order valence-corrected chi connectivity index (χ0v) is 10.9. The van der Waals surface area contributed by atoms with Crippen molar-refractivity contribution in [1.82, 2.24) is 0 Å². The van der Waals surface area contributed by atoms with Crippen LogP contribution >= 0.6 is 0 Å². The molecule has 0 spiro atoms. The molecule has 4 heteroatoms. The van der Waals surface area contributed by atoms with Crippen molar-refractivity contribution in [1.29, 1.82) is 0 Å². The summed E-state index contributed by atoms with van der Waals surface area (Å²) in [7, 11) is 3.18. The predicted octanol–water partition coefficient (Wildman–Crippen LogP) is 2.31. The van der Waals surface area contributed by atoms with Crippen LogP contribution in [0.4, 0.5) is 0 Å². The molecular formula is C14H20O4. The maximum atomic E-state index is 10.5. The van der Waals surface area contributed by atoms with Crippen LogP contribution in [-0.4, -0.2) is 32.0 Å². The molecule has 2 atom stereocenters. The lowest BCUT2D eigenvalue weighted by molar-refractivity contribution is -0.0645. The second-order valence-electron chi connectivity index (χ2n) is 4.43. The fraction of sp³-hybridized carbons (Fsp3) is 0.571. The fourth-order valence-corrected chi connectivity index (χ4v) is 2.37. The number of hydrogen-bond acceptors (Lipinski definition) is 4. The van der Waals surface area contributed by atoms with E-state index in [-0.39, 0.29) is 6.10 Å². The van der Waals surface area contributed by atoms with Crippen molar-refractivity contribution in [2.45, 2.75) is 31.5 Å². The van der Waals surface area contributed by atoms with E-state index in [1.165, 1.54) is 0 Å². The lowest BCUT2D eigenvalue weighted by atomic mass is 9.97. The van der Waals surface area contributed by atoms with E-state index in [1.807, 2.05) is 18.2 Å². The van der Waals surface area contributed by atoms with Crippen molar-refractivity contribution >= 4 is 0 Å². The van der Waals surface area contributed by atoms with Crippen LogP contribution in [0, 0.1) is 0 Å². The molecule has 1 aliphatic heterocycles. The Morgan fingerprint density at radius 1 is 1.22 bits per heavy atom. The fourth-order valence-electron chi connectivity index (χ4n) is 2.37. The highest BCUT2D eigenvalue weighted by atomic mass is 16.5. The van der Waals surface area contributed by atoms with Gasteiger partial charge < -0.3 is 19.3 Å². The first-order valence-electron chi connectivity index (χ1n) is 6.28. The standard InChI is InChI=1S/C14H20O4/c1-16-10-7-5-8-11(17-2)13(10)14(15)12-6-3-4-9-18-12/h5,7-8,12,14-15H,3-4,6,9H2,1-2H3. The molecule has 1 aliphatic rings. The minimum absolute atomic E-state index is 0.177. The van der Waals surface area contributed by atoms with Crippen LogP contribution in [0.2, 0.25) is 0 Å². The highest BCUT2D eigenvalue weighted by Gasteiger charge is 2.28. The summed E-state index contributed by atoms with van der Waals surface area (Å²) in [6.45, 7) is 0.708. The molecule has 0 aromatic heterocycles. The summed E-state index contributed by atoms with van der Waals surface area (Å²) in [4.78, 5) is 0. The second kappa shape index (κ2) is 6.07. The first kappa shape index (κ1) is 13.2. The maximum Gasteiger partial charge on any atom is 0.128 e. The molecule has 4 nitrogen and oxygen atoms in total. The summed E-state index contributed by atoms with van der Waals surface area (Å²) in [5.41, 5.74) is 0.675. The van der Waals surface area contributed by atoms with Gasteiger partial charge in [-0.25, -0.2) is 0 Å². The summed E-state index contributed by atoms with van der Waals surface area (Å²) in [5.74, 6) is 1.27. The lowest BCUT2D eigenvalue weighted by Crippen LogP contribution is -2.27. The van der Waals surface area contributed by atoms with Gasteiger partial charge in [-0.05, 0) is 31.4 Å². The van der Waals surface area contributed by atoms with Crippen molar-refractivity contribution in [3.05, 3.63) is 23.8 Å². The van der Waals surface area contributed by atoms with Crippen molar-refractivity contribution in [2.75, 3.05) is 20.8 Å². The van der Waals surface area contributed by atoms with Crippen LogP contribution in [0.15, 0.2) is 18.2 Å². The number of aliphatic hydroxyl groups excluding tert-OH is 1. The van der Waals surface area contributed by atoms with Crippen molar-refractivity contribution in [3.63, 3.8) is 0 Å². The Balaban J connectivity index is 2.29. The third-order valence-corrected chi connectivity index (χ3v) is 3.33. The Morgan fingerprint density at radius 3 is 2.39 bits per heavy atom. The van der Waals surface area contributed by atoms with Crippen LogP contribution in [-0.2, 0) is 4.74 Å². The van der Waals surface area contributed by atoms with Gasteiger partial charge in [0.25, 0.3) is 0 Å². The smallest absolute Gasteiger partial charge is 0.128 e. The van der Waals surface area contributed by atoms with Crippen molar-refractivity contribution < 1.29 is 19.3 Å². The van der Waals surface area contributed by atoms with E-state index in [9.17, 15) is 5.11 Å². The molecule has 1 N–H and O–H groups in total. The summed E-state index contributed by atoms with van der Waals surface area (Å²) in [6.07, 6.45) is 2.12. The van der Waals surface area contributed by atoms with Gasteiger partial charge in [0.05, 0.1) is 25.9 Å². The van der Waals surface area contributed by atoms with E-state index < -0.39 is 6.10 Å². The van der Waals surface area contributed by atoms with Crippen molar-refractivity contribution in [3.8, 4) is 11.5 Å². The quantitative estimate of drug-likeness (QED) is 0.893. The average molecular weight is 252 g/mol. The third kappa shape index (κ3) is 2.60. The molecule has 2 rings (SSSR count). The molecule has 1 fully saturated rings. The molecule has 18 heavy (non-hydrogen) atoms. The Bertz CT molecular complexity index is 363. The van der Waals surface area contributed by atoms with Gasteiger partial charge in [-0.15, -0.1) is 0 Å². The average Bonchev–Trinajstić information content (AvgIpc) is 2.46. The SMILES string of the molecule is COc1cccc(OC)c1C(O)C1CCCCO1. The van der Waals surface area contributed by atoms with Gasteiger partial charge in [-0.3, -0.25) is 0 Å². The molecular weight excluding hydrogens is 232 g/mol. The van der Waals surface area contributed by atoms with Crippen LogP contribution in [0.5, 0.6) is 11.5 Å². The van der Waals surface area contributed by atoms with Crippen LogP contribution in [0.25, 0.3) is 0 Å². The largest absolute Gasteiger partial charge is 0.496 e. The Hall–Kier alpha value is -1.26. The highest BCUT2D eigenvalue weighted by molar-refractivity contribution is 5.46. The lowest BCUT2D eigenvalue weighted by Gasteiger charge is -2.29. The van der Waals surface area contributed by atoms with Gasteiger partial charge in [0.2, 0.25) is 0 Å². The summed E-state index contributed by atoms with van der Waals surface area (Å²) in [5, 5.41) is 10.5. The van der Waals surface area contributed by atoms with Crippen LogP contribution in [0.3, 0.4) is 0 Å². The minimum Gasteiger partial charge on any atom is -0.496 e. The van der Waals surface area contributed by atoms with Gasteiger partial charge in [0, 0.05) is 6.61 Å². The molecule has 1 aromatic carbocycles. The van der Waals surface area contributed by atoms with Gasteiger partial charge in [0.1, 0.15) is 17.6 Å². The predicted molar refractivity (Wildman–Crippen MR) is 68.1 cm³/mol. The van der Waals surface area contributed by atoms with E-state index in [0.29, 0.717) is 23.7 Å². The van der Waals surface area contributed by atoms with Crippen LogP contribution < -0.4 is 9.47 Å². The Kier molecular flexibility index (Phi) is 4.44. The molecule has 0 radical (unpaired) electrons. The second-order valence-corrected chi connectivity index (χ2v) is 4.43. The summed E-state index contributed by atoms with van der Waals surface area (Å²) in [6, 6.07) is 5.49. The normalized spacial score (nSPS) is 21.4. The number of methoxy groups -OCH3 is 2. The third-order valence-electron chi connectivity index (χ3n) is 3.33. The minimum atomic E-state index is -0.712. The topological polar surface area (TPSA) is 47.9 Å². The van der Waals surface area contributed by atoms with E-state index >= 15 is 0 Å². The molecule has 0 bridgehead atoms. The molecule has 100 valence electrons. The zero-order valence-electron chi connectivity index (χ0n) is 10.9. The van der Waals surface area contributed by atoms with E-state index in [4.69, 9.17) is 14.2 Å². The van der Waals surface area contributed by atoms with Gasteiger partial charge in [0.15, 0.2) is 0 Å². The Labute approximate surface area is 107 Å². The van der Waals surface area contributed by atoms with E-state index in [2.05, 4.69) is 0 Å². The number of rotatable bonds is 4. The monoisotopic (exact) mass is 252 g/mol. The van der Waals surface area contributed by atoms with Crippen LogP contribution in [0.1, 0.15) is 30.9 Å². The first-order chi connectivity index (χ1) is 8.77. The van der Waals surface area contributed by atoms with E-state index in [0.717, 1.165) is 19.3 Å². The molecule has 0 saturated carbocycles. The summed E-state index contributed by atoms with van der Waals surface area (Å²) < 4.78 is 16.2. The summed E-state index contributed by atoms with van der Waals surface area (Å²) >= 11 is 0. The number of ether oxygens (including phenoxy) is 3.